The molecular formula is C12H9F2N3O2. The first-order valence-corrected chi connectivity index (χ1v) is 5.22. The molecule has 7 heteroatoms. The van der Waals surface area contributed by atoms with Gasteiger partial charge in [0.05, 0.1) is 4.92 Å². The minimum atomic E-state index is -0.749. The van der Waals surface area contributed by atoms with E-state index < -0.39 is 16.6 Å². The van der Waals surface area contributed by atoms with Gasteiger partial charge in [0.15, 0.2) is 0 Å². The van der Waals surface area contributed by atoms with Gasteiger partial charge in [-0.2, -0.15) is 0 Å². The Hall–Kier alpha value is -2.70. The Labute approximate surface area is 106 Å². The van der Waals surface area contributed by atoms with Crippen LogP contribution < -0.4 is 11.1 Å². The van der Waals surface area contributed by atoms with Crippen LogP contribution in [0.3, 0.4) is 0 Å². The number of halogens is 2. The zero-order valence-electron chi connectivity index (χ0n) is 9.56. The molecule has 0 fully saturated rings. The number of hydrogen-bond acceptors (Lipinski definition) is 4. The molecular weight excluding hydrogens is 256 g/mol. The number of benzene rings is 2. The van der Waals surface area contributed by atoms with E-state index in [1.54, 1.807) is 0 Å². The second kappa shape index (κ2) is 4.89. The zero-order chi connectivity index (χ0) is 14.0. The lowest BCUT2D eigenvalue weighted by molar-refractivity contribution is -0.384. The van der Waals surface area contributed by atoms with Crippen LogP contribution in [0.4, 0.5) is 31.5 Å². The monoisotopic (exact) mass is 265 g/mol. The fraction of sp³-hybridized carbons (Fsp3) is 0. The number of nitrogens with zero attached hydrogens (tertiary/aromatic N) is 1. The van der Waals surface area contributed by atoms with Crippen LogP contribution in [0.15, 0.2) is 36.4 Å². The van der Waals surface area contributed by atoms with Crippen LogP contribution >= 0.6 is 0 Å². The van der Waals surface area contributed by atoms with Crippen molar-refractivity contribution in [2.24, 2.45) is 0 Å². The topological polar surface area (TPSA) is 81.2 Å². The van der Waals surface area contributed by atoms with Crippen LogP contribution in [0.25, 0.3) is 0 Å². The quantitative estimate of drug-likeness (QED) is 0.507. The van der Waals surface area contributed by atoms with E-state index in [2.05, 4.69) is 5.32 Å². The third kappa shape index (κ3) is 3.15. The van der Waals surface area contributed by atoms with Gasteiger partial charge in [0.25, 0.3) is 5.69 Å². The molecule has 5 nitrogen and oxygen atoms in total. The summed E-state index contributed by atoms with van der Waals surface area (Å²) in [6, 6.07) is 6.70. The predicted molar refractivity (Wildman–Crippen MR) is 67.1 cm³/mol. The van der Waals surface area contributed by atoms with Crippen molar-refractivity contribution in [3.05, 3.63) is 58.1 Å². The van der Waals surface area contributed by atoms with Crippen molar-refractivity contribution in [2.45, 2.75) is 0 Å². The molecule has 0 heterocycles. The Bertz CT molecular complexity index is 627. The van der Waals surface area contributed by atoms with Gasteiger partial charge in [-0.3, -0.25) is 10.1 Å². The molecule has 98 valence electrons. The van der Waals surface area contributed by atoms with Crippen molar-refractivity contribution in [1.82, 2.24) is 0 Å². The highest BCUT2D eigenvalue weighted by atomic mass is 19.1. The summed E-state index contributed by atoms with van der Waals surface area (Å²) in [5.74, 6) is -1.50. The summed E-state index contributed by atoms with van der Waals surface area (Å²) >= 11 is 0. The third-order valence-corrected chi connectivity index (χ3v) is 2.30. The van der Waals surface area contributed by atoms with E-state index in [9.17, 15) is 18.9 Å². The second-order valence-corrected chi connectivity index (χ2v) is 3.85. The van der Waals surface area contributed by atoms with Gasteiger partial charge in [0, 0.05) is 35.3 Å². The van der Waals surface area contributed by atoms with Crippen molar-refractivity contribution in [3.8, 4) is 0 Å². The van der Waals surface area contributed by atoms with Crippen molar-refractivity contribution in [1.29, 1.82) is 0 Å². The Balaban J connectivity index is 2.35. The van der Waals surface area contributed by atoms with Gasteiger partial charge in [-0.1, -0.05) is 0 Å². The Kier molecular flexibility index (Phi) is 3.28. The van der Waals surface area contributed by atoms with E-state index in [1.807, 2.05) is 0 Å². The third-order valence-electron chi connectivity index (χ3n) is 2.30. The maximum Gasteiger partial charge on any atom is 0.273 e. The second-order valence-electron chi connectivity index (χ2n) is 3.85. The minimum absolute atomic E-state index is 0.136. The summed E-state index contributed by atoms with van der Waals surface area (Å²) < 4.78 is 26.0. The molecule has 0 spiro atoms. The van der Waals surface area contributed by atoms with Crippen LogP contribution in [-0.2, 0) is 0 Å². The summed E-state index contributed by atoms with van der Waals surface area (Å²) in [4.78, 5) is 10.1. The van der Waals surface area contributed by atoms with E-state index in [4.69, 9.17) is 5.73 Å². The van der Waals surface area contributed by atoms with E-state index in [1.165, 1.54) is 18.2 Å². The number of rotatable bonds is 3. The molecule has 0 unspecified atom stereocenters. The summed E-state index contributed by atoms with van der Waals surface area (Å²) in [6.07, 6.45) is 0. The molecule has 0 aliphatic rings. The summed E-state index contributed by atoms with van der Waals surface area (Å²) in [6.45, 7) is 0. The first kappa shape index (κ1) is 12.7. The normalized spacial score (nSPS) is 10.2. The number of anilines is 3. The number of nitrogens with one attached hydrogen (secondary N) is 1. The lowest BCUT2D eigenvalue weighted by atomic mass is 10.2. The van der Waals surface area contributed by atoms with Gasteiger partial charge < -0.3 is 11.1 Å². The summed E-state index contributed by atoms with van der Waals surface area (Å²) in [7, 11) is 0. The van der Waals surface area contributed by atoms with Gasteiger partial charge >= 0.3 is 0 Å². The van der Waals surface area contributed by atoms with E-state index >= 15 is 0 Å². The maximum atomic E-state index is 13.0. The van der Waals surface area contributed by atoms with Crippen LogP contribution in [0.2, 0.25) is 0 Å². The molecule has 2 rings (SSSR count). The summed E-state index contributed by atoms with van der Waals surface area (Å²) in [5.41, 5.74) is 5.89. The number of non-ortho nitro benzene ring substituents is 1. The lowest BCUT2D eigenvalue weighted by Gasteiger charge is -2.07. The highest BCUT2D eigenvalue weighted by molar-refractivity contribution is 5.67. The Morgan fingerprint density at radius 2 is 1.58 bits per heavy atom. The highest BCUT2D eigenvalue weighted by Gasteiger charge is 2.09. The minimum Gasteiger partial charge on any atom is -0.398 e. The van der Waals surface area contributed by atoms with Gasteiger partial charge in [-0.05, 0) is 18.2 Å². The molecule has 0 radical (unpaired) electrons. The number of nitro groups is 1. The van der Waals surface area contributed by atoms with Gasteiger partial charge in [-0.15, -0.1) is 0 Å². The molecule has 0 aliphatic carbocycles. The van der Waals surface area contributed by atoms with Crippen LogP contribution in [0.1, 0.15) is 0 Å². The first-order chi connectivity index (χ1) is 8.94. The summed E-state index contributed by atoms with van der Waals surface area (Å²) in [5, 5.41) is 13.3. The Morgan fingerprint density at radius 3 is 2.16 bits per heavy atom. The molecule has 0 saturated carbocycles. The molecule has 2 aromatic rings. The predicted octanol–water partition coefficient (Wildman–Crippen LogP) is 3.20. The average Bonchev–Trinajstić information content (AvgIpc) is 2.26. The molecule has 0 aliphatic heterocycles. The van der Waals surface area contributed by atoms with Crippen molar-refractivity contribution in [3.63, 3.8) is 0 Å². The molecule has 19 heavy (non-hydrogen) atoms. The van der Waals surface area contributed by atoms with E-state index in [-0.39, 0.29) is 22.7 Å². The van der Waals surface area contributed by atoms with Crippen LogP contribution in [-0.4, -0.2) is 4.92 Å². The van der Waals surface area contributed by atoms with Gasteiger partial charge in [0.2, 0.25) is 0 Å². The number of nitrogen functional groups attached to an aromatic ring is 1. The van der Waals surface area contributed by atoms with Crippen molar-refractivity contribution < 1.29 is 13.7 Å². The molecule has 2 aromatic carbocycles. The lowest BCUT2D eigenvalue weighted by Crippen LogP contribution is -1.97. The average molecular weight is 265 g/mol. The van der Waals surface area contributed by atoms with E-state index in [0.29, 0.717) is 0 Å². The van der Waals surface area contributed by atoms with E-state index in [0.717, 1.165) is 18.2 Å². The fourth-order valence-electron chi connectivity index (χ4n) is 1.60. The Morgan fingerprint density at radius 1 is 1.00 bits per heavy atom. The zero-order valence-corrected chi connectivity index (χ0v) is 9.56. The maximum absolute atomic E-state index is 13.0. The molecule has 0 atom stereocenters. The highest BCUT2D eigenvalue weighted by Crippen LogP contribution is 2.25. The number of nitro benzene ring substituents is 1. The molecule has 3 N–H and O–H groups in total. The molecule has 0 saturated heterocycles. The number of nitrogens with two attached hydrogens (primary N) is 1. The first-order valence-electron chi connectivity index (χ1n) is 5.22. The SMILES string of the molecule is Nc1cc(Nc2cc(F)cc(F)c2)cc([N+](=O)[O-])c1. The standard InChI is InChI=1S/C12H9F2N3O2/c13-7-1-8(14)3-10(2-7)16-11-4-9(15)5-12(6-11)17(18)19/h1-6,16H,15H2. The van der Waals surface area contributed by atoms with Crippen LogP contribution in [0, 0.1) is 21.7 Å². The van der Waals surface area contributed by atoms with Crippen molar-refractivity contribution in [2.75, 3.05) is 11.1 Å². The molecule has 0 aromatic heterocycles. The smallest absolute Gasteiger partial charge is 0.273 e. The number of hydrogen-bond donors (Lipinski definition) is 2. The van der Waals surface area contributed by atoms with Gasteiger partial charge in [0.1, 0.15) is 11.6 Å². The molecule has 0 amide bonds. The van der Waals surface area contributed by atoms with Gasteiger partial charge in [-0.25, -0.2) is 8.78 Å². The van der Waals surface area contributed by atoms with Crippen LogP contribution in [0.5, 0.6) is 0 Å². The fourth-order valence-corrected chi connectivity index (χ4v) is 1.60. The van der Waals surface area contributed by atoms with Crippen molar-refractivity contribution >= 4 is 22.7 Å². The molecule has 0 bridgehead atoms. The largest absolute Gasteiger partial charge is 0.398 e.